The lowest BCUT2D eigenvalue weighted by atomic mass is 9.91. The molecule has 0 aromatic carbocycles. The van der Waals surface area contributed by atoms with Gasteiger partial charge in [-0.1, -0.05) is 226 Å². The first kappa shape index (κ1) is 51.1. The molecule has 5 heteroatoms. The van der Waals surface area contributed by atoms with E-state index in [2.05, 4.69) is 27.7 Å². The first-order chi connectivity index (χ1) is 25.1. The highest BCUT2D eigenvalue weighted by atomic mass is 28.2. The van der Waals surface area contributed by atoms with E-state index in [1.165, 1.54) is 205 Å². The van der Waals surface area contributed by atoms with Crippen LogP contribution in [0.2, 0.25) is 0 Å². The number of unbranched alkanes of at least 4 members (excludes halogenated alkanes) is 31. The Bertz CT molecular complexity index is 650. The van der Waals surface area contributed by atoms with E-state index in [0.29, 0.717) is 10.5 Å². The molecule has 51 heavy (non-hydrogen) atoms. The molecule has 3 atom stereocenters. The van der Waals surface area contributed by atoms with Gasteiger partial charge in [-0.05, 0) is 39.0 Å². The van der Waals surface area contributed by atoms with Crippen LogP contribution in [0, 0.1) is 5.92 Å². The van der Waals surface area contributed by atoms with Crippen molar-refractivity contribution >= 4 is 10.5 Å². The number of hydrogen-bond donors (Lipinski definition) is 1. The van der Waals surface area contributed by atoms with Gasteiger partial charge in [0.2, 0.25) is 0 Å². The SMILES string of the molecule is CCCCCCCCCCCCCCOC(O[SiH3])(OCCCCCCCCCCCC)C(CCCCCCCCCCCCCC)CCC(C)N. The average molecular weight is 740 g/mol. The molecular weight excluding hydrogens is 643 g/mol. The molecule has 0 aliphatic rings. The monoisotopic (exact) mass is 740 g/mol. The zero-order valence-electron chi connectivity index (χ0n) is 36.0. The molecule has 0 saturated heterocycles. The summed E-state index contributed by atoms with van der Waals surface area (Å²) in [4.78, 5) is 0. The Morgan fingerprint density at radius 1 is 0.392 bits per heavy atom. The molecule has 4 nitrogen and oxygen atoms in total. The van der Waals surface area contributed by atoms with Gasteiger partial charge >= 0.3 is 0 Å². The Labute approximate surface area is 325 Å². The number of rotatable bonds is 44. The maximum absolute atomic E-state index is 6.76. The Hall–Kier alpha value is 0.0569. The summed E-state index contributed by atoms with van der Waals surface area (Å²) in [5, 5.41) is 0. The summed E-state index contributed by atoms with van der Waals surface area (Å²) in [6, 6.07) is 0.194. The van der Waals surface area contributed by atoms with Gasteiger partial charge in [0.05, 0.1) is 13.2 Å². The zero-order chi connectivity index (χ0) is 37.4. The summed E-state index contributed by atoms with van der Waals surface area (Å²) in [6.45, 7) is 10.5. The third-order valence-electron chi connectivity index (χ3n) is 11.3. The van der Waals surface area contributed by atoms with Gasteiger partial charge in [0.25, 0.3) is 5.97 Å². The van der Waals surface area contributed by atoms with Crippen molar-refractivity contribution in [2.45, 2.75) is 277 Å². The van der Waals surface area contributed by atoms with E-state index in [1.807, 2.05) is 0 Å². The van der Waals surface area contributed by atoms with Crippen LogP contribution < -0.4 is 5.73 Å². The minimum Gasteiger partial charge on any atom is -0.380 e. The van der Waals surface area contributed by atoms with Crippen molar-refractivity contribution in [3.63, 3.8) is 0 Å². The number of ether oxygens (including phenoxy) is 2. The second-order valence-electron chi connectivity index (χ2n) is 16.5. The molecule has 0 bridgehead atoms. The smallest absolute Gasteiger partial charge is 0.275 e. The minimum atomic E-state index is -0.879. The second kappa shape index (κ2) is 41.2. The van der Waals surface area contributed by atoms with E-state index in [0.717, 1.165) is 45.3 Å². The maximum atomic E-state index is 6.76. The molecule has 0 rings (SSSR count). The lowest BCUT2D eigenvalue weighted by Gasteiger charge is -2.40. The standard InChI is InChI=1S/C46H97NO3Si/c1-5-8-11-14-17-20-23-25-27-30-33-36-39-45(41-40-44(4)47)46(50-51,48-42-37-34-31-28-22-19-16-13-10-7-3)49-43-38-35-32-29-26-24-21-18-15-12-9-6-2/h44-45H,5-43,47H2,1-4,51H3. The molecule has 0 aromatic heterocycles. The summed E-state index contributed by atoms with van der Waals surface area (Å²) in [6.07, 6.45) is 49.4. The fraction of sp³-hybridized carbons (Fsp3) is 1.00. The molecular formula is C46H97NO3Si. The van der Waals surface area contributed by atoms with Gasteiger partial charge in [-0.15, -0.1) is 0 Å². The fourth-order valence-electron chi connectivity index (χ4n) is 7.72. The number of hydrogen-bond acceptors (Lipinski definition) is 4. The van der Waals surface area contributed by atoms with Crippen molar-refractivity contribution in [2.24, 2.45) is 11.7 Å². The molecule has 0 aromatic rings. The van der Waals surface area contributed by atoms with Crippen molar-refractivity contribution in [2.75, 3.05) is 13.2 Å². The minimum absolute atomic E-state index is 0.194. The highest BCUT2D eigenvalue weighted by Gasteiger charge is 2.40. The summed E-state index contributed by atoms with van der Waals surface area (Å²) in [7, 11) is 0.619. The van der Waals surface area contributed by atoms with Gasteiger partial charge in [0.15, 0.2) is 10.5 Å². The summed E-state index contributed by atoms with van der Waals surface area (Å²) in [5.74, 6) is -0.625. The quantitative estimate of drug-likeness (QED) is 0.0384. The molecule has 0 spiro atoms. The molecule has 0 radical (unpaired) electrons. The third-order valence-corrected chi connectivity index (χ3v) is 11.8. The maximum Gasteiger partial charge on any atom is 0.275 e. The molecule has 0 aliphatic carbocycles. The first-order valence-corrected chi connectivity index (χ1v) is 24.5. The van der Waals surface area contributed by atoms with E-state index < -0.39 is 5.97 Å². The molecule has 308 valence electrons. The Morgan fingerprint density at radius 3 is 0.941 bits per heavy atom. The van der Waals surface area contributed by atoms with Crippen molar-refractivity contribution < 1.29 is 13.9 Å². The highest BCUT2D eigenvalue weighted by molar-refractivity contribution is 5.98. The van der Waals surface area contributed by atoms with E-state index in [-0.39, 0.29) is 12.0 Å². The van der Waals surface area contributed by atoms with Crippen molar-refractivity contribution in [3.8, 4) is 0 Å². The van der Waals surface area contributed by atoms with Crippen LogP contribution >= 0.6 is 0 Å². The Kier molecular flexibility index (Phi) is 41.3. The normalized spacial score (nSPS) is 14.3. The van der Waals surface area contributed by atoms with Crippen molar-refractivity contribution in [1.82, 2.24) is 0 Å². The summed E-state index contributed by atoms with van der Waals surface area (Å²) in [5.41, 5.74) is 6.32. The van der Waals surface area contributed by atoms with E-state index in [4.69, 9.17) is 19.6 Å². The average Bonchev–Trinajstić information content (AvgIpc) is 3.13. The van der Waals surface area contributed by atoms with Gasteiger partial charge in [0.1, 0.15) is 0 Å². The van der Waals surface area contributed by atoms with Crippen LogP contribution in [-0.2, 0) is 13.9 Å². The van der Waals surface area contributed by atoms with Crippen LogP contribution in [0.25, 0.3) is 0 Å². The molecule has 0 aliphatic heterocycles. The second-order valence-corrected chi connectivity index (χ2v) is 16.9. The number of nitrogens with two attached hydrogens (primary N) is 1. The van der Waals surface area contributed by atoms with Crippen molar-refractivity contribution in [1.29, 1.82) is 0 Å². The lowest BCUT2D eigenvalue weighted by Crippen LogP contribution is -2.47. The molecule has 2 N–H and O–H groups in total. The van der Waals surface area contributed by atoms with Gasteiger partial charge in [0, 0.05) is 12.0 Å². The molecule has 0 heterocycles. The van der Waals surface area contributed by atoms with Gasteiger partial charge < -0.3 is 19.6 Å². The van der Waals surface area contributed by atoms with Crippen LogP contribution in [0.4, 0.5) is 0 Å². The largest absolute Gasteiger partial charge is 0.380 e. The van der Waals surface area contributed by atoms with Crippen molar-refractivity contribution in [3.05, 3.63) is 0 Å². The Morgan fingerprint density at radius 2 is 0.667 bits per heavy atom. The van der Waals surface area contributed by atoms with Gasteiger partial charge in [-0.3, -0.25) is 0 Å². The van der Waals surface area contributed by atoms with E-state index >= 15 is 0 Å². The molecule has 3 unspecified atom stereocenters. The fourth-order valence-corrected chi connectivity index (χ4v) is 8.29. The molecule has 0 saturated carbocycles. The Balaban J connectivity index is 4.83. The van der Waals surface area contributed by atoms with Crippen LogP contribution in [0.1, 0.15) is 265 Å². The van der Waals surface area contributed by atoms with Crippen LogP contribution in [0.3, 0.4) is 0 Å². The first-order valence-electron chi connectivity index (χ1n) is 23.6. The summed E-state index contributed by atoms with van der Waals surface area (Å²) < 4.78 is 20.0. The predicted octanol–water partition coefficient (Wildman–Crippen LogP) is 14.4. The van der Waals surface area contributed by atoms with Crippen LogP contribution in [-0.4, -0.2) is 35.7 Å². The zero-order valence-corrected chi connectivity index (χ0v) is 38.0. The molecule has 0 fully saturated rings. The highest BCUT2D eigenvalue weighted by Crippen LogP contribution is 2.34. The van der Waals surface area contributed by atoms with Crippen LogP contribution in [0.15, 0.2) is 0 Å². The molecule has 0 amide bonds. The van der Waals surface area contributed by atoms with Gasteiger partial charge in [-0.25, -0.2) is 0 Å². The topological polar surface area (TPSA) is 53.7 Å². The predicted molar refractivity (Wildman–Crippen MR) is 231 cm³/mol. The van der Waals surface area contributed by atoms with E-state index in [1.54, 1.807) is 0 Å². The van der Waals surface area contributed by atoms with Gasteiger partial charge in [-0.2, -0.15) is 0 Å². The summed E-state index contributed by atoms with van der Waals surface area (Å²) >= 11 is 0. The van der Waals surface area contributed by atoms with E-state index in [9.17, 15) is 0 Å². The lowest BCUT2D eigenvalue weighted by molar-refractivity contribution is -0.372. The third kappa shape index (κ3) is 34.3. The van der Waals surface area contributed by atoms with Crippen LogP contribution in [0.5, 0.6) is 0 Å².